The van der Waals surface area contributed by atoms with Crippen molar-refractivity contribution < 1.29 is 19.1 Å². The van der Waals surface area contributed by atoms with E-state index < -0.39 is 12.0 Å². The number of hydrogen-bond acceptors (Lipinski definition) is 7. The number of aromatic nitrogens is 2. The molecule has 176 valence electrons. The lowest BCUT2D eigenvalue weighted by Crippen LogP contribution is -2.54. The molecule has 10 nitrogen and oxygen atoms in total. The van der Waals surface area contributed by atoms with E-state index in [2.05, 4.69) is 9.88 Å². The lowest BCUT2D eigenvalue weighted by Gasteiger charge is -2.37. The number of primary amides is 1. The molecule has 3 aromatic rings. The van der Waals surface area contributed by atoms with Gasteiger partial charge in [-0.15, -0.1) is 0 Å². The highest BCUT2D eigenvalue weighted by atomic mass is 16.6. The molecule has 0 aliphatic carbocycles. The van der Waals surface area contributed by atoms with Crippen LogP contribution in [-0.2, 0) is 22.7 Å². The van der Waals surface area contributed by atoms with Crippen LogP contribution in [0.2, 0.25) is 0 Å². The standard InChI is InChI=1S/C24H25N5O5/c25-21(30)13-29-22(26-17-6-2-1-5-16(17)23(29)31)14-27-9-11-28(12-10-27)24(32)20-15-33-18-7-3-4-8-19(18)34-20/h1-8,20H,9-15H2,(H2,25,30)/t20-/m1/s1. The van der Waals surface area contributed by atoms with E-state index in [9.17, 15) is 14.4 Å². The van der Waals surface area contributed by atoms with Crippen molar-refractivity contribution in [2.75, 3.05) is 32.8 Å². The average molecular weight is 463 g/mol. The van der Waals surface area contributed by atoms with Gasteiger partial charge in [-0.2, -0.15) is 0 Å². The Balaban J connectivity index is 1.26. The SMILES string of the molecule is NC(=O)Cn1c(CN2CCN(C(=O)[C@H]3COc4ccccc4O3)CC2)nc2ccccc2c1=O. The van der Waals surface area contributed by atoms with E-state index in [0.29, 0.717) is 61.0 Å². The predicted molar refractivity (Wildman–Crippen MR) is 123 cm³/mol. The number of hydrogen-bond donors (Lipinski definition) is 1. The van der Waals surface area contributed by atoms with Crippen molar-refractivity contribution >= 4 is 22.7 Å². The highest BCUT2D eigenvalue weighted by Gasteiger charge is 2.33. The van der Waals surface area contributed by atoms with Gasteiger partial charge in [0.15, 0.2) is 11.5 Å². The van der Waals surface area contributed by atoms with Gasteiger partial charge in [-0.3, -0.25) is 23.9 Å². The fourth-order valence-electron chi connectivity index (χ4n) is 4.32. The Hall–Kier alpha value is -3.92. The quantitative estimate of drug-likeness (QED) is 0.580. The molecule has 2 amide bonds. The van der Waals surface area contributed by atoms with Crippen molar-refractivity contribution in [1.82, 2.24) is 19.4 Å². The van der Waals surface area contributed by atoms with Crippen LogP contribution in [0.3, 0.4) is 0 Å². The maximum Gasteiger partial charge on any atom is 0.267 e. The number of para-hydroxylation sites is 3. The van der Waals surface area contributed by atoms with Crippen LogP contribution < -0.4 is 20.8 Å². The summed E-state index contributed by atoms with van der Waals surface area (Å²) in [6.07, 6.45) is -0.677. The third-order valence-electron chi connectivity index (χ3n) is 6.09. The summed E-state index contributed by atoms with van der Waals surface area (Å²) in [7, 11) is 0. The molecule has 0 bridgehead atoms. The van der Waals surface area contributed by atoms with Crippen molar-refractivity contribution in [3.8, 4) is 11.5 Å². The van der Waals surface area contributed by atoms with Crippen LogP contribution in [0.4, 0.5) is 0 Å². The Morgan fingerprint density at radius 1 is 1.00 bits per heavy atom. The zero-order chi connectivity index (χ0) is 23.7. The van der Waals surface area contributed by atoms with Gasteiger partial charge in [-0.25, -0.2) is 4.98 Å². The first-order chi connectivity index (χ1) is 16.5. The smallest absolute Gasteiger partial charge is 0.267 e. The van der Waals surface area contributed by atoms with Crippen LogP contribution >= 0.6 is 0 Å². The first kappa shape index (κ1) is 21.9. The van der Waals surface area contributed by atoms with Gasteiger partial charge in [-0.05, 0) is 24.3 Å². The number of fused-ring (bicyclic) bond motifs is 2. The largest absolute Gasteiger partial charge is 0.485 e. The minimum atomic E-state index is -0.677. The van der Waals surface area contributed by atoms with Gasteiger partial charge in [-0.1, -0.05) is 24.3 Å². The van der Waals surface area contributed by atoms with Gasteiger partial charge in [0.05, 0.1) is 17.4 Å². The van der Waals surface area contributed by atoms with E-state index in [0.717, 1.165) is 0 Å². The van der Waals surface area contributed by atoms with Crippen molar-refractivity contribution in [2.45, 2.75) is 19.2 Å². The summed E-state index contributed by atoms with van der Waals surface area (Å²) < 4.78 is 12.9. The maximum absolute atomic E-state index is 13.0. The number of carbonyl (C=O) groups excluding carboxylic acids is 2. The summed E-state index contributed by atoms with van der Waals surface area (Å²) in [6.45, 7) is 2.51. The highest BCUT2D eigenvalue weighted by molar-refractivity contribution is 5.82. The molecule has 0 spiro atoms. The zero-order valence-electron chi connectivity index (χ0n) is 18.6. The molecule has 1 saturated heterocycles. The molecule has 1 atom stereocenters. The van der Waals surface area contributed by atoms with E-state index in [1.165, 1.54) is 4.57 Å². The first-order valence-corrected chi connectivity index (χ1v) is 11.2. The lowest BCUT2D eigenvalue weighted by atomic mass is 10.2. The fourth-order valence-corrected chi connectivity index (χ4v) is 4.32. The number of nitrogens with two attached hydrogens (primary N) is 1. The van der Waals surface area contributed by atoms with Crippen molar-refractivity contribution in [1.29, 1.82) is 0 Å². The second kappa shape index (κ2) is 9.14. The summed E-state index contributed by atoms with van der Waals surface area (Å²) in [5.41, 5.74) is 5.67. The second-order valence-electron chi connectivity index (χ2n) is 8.37. The summed E-state index contributed by atoms with van der Waals surface area (Å²) in [5.74, 6) is 0.973. The van der Waals surface area contributed by atoms with Gasteiger partial charge < -0.3 is 20.1 Å². The number of nitrogens with zero attached hydrogens (tertiary/aromatic N) is 4. The predicted octanol–water partition coefficient (Wildman–Crippen LogP) is 0.366. The third kappa shape index (κ3) is 4.32. The number of piperazine rings is 1. The Morgan fingerprint density at radius 3 is 2.47 bits per heavy atom. The molecule has 2 aliphatic heterocycles. The molecule has 0 radical (unpaired) electrons. The molecule has 3 heterocycles. The molecule has 1 fully saturated rings. The van der Waals surface area contributed by atoms with E-state index in [1.807, 2.05) is 24.3 Å². The van der Waals surface area contributed by atoms with Crippen LogP contribution in [0, 0.1) is 0 Å². The van der Waals surface area contributed by atoms with Crippen LogP contribution in [0.5, 0.6) is 11.5 Å². The number of amides is 2. The molecule has 2 aromatic carbocycles. The van der Waals surface area contributed by atoms with Crippen molar-refractivity contribution in [2.24, 2.45) is 5.73 Å². The topological polar surface area (TPSA) is 120 Å². The molecule has 10 heteroatoms. The maximum atomic E-state index is 13.0. The van der Waals surface area contributed by atoms with Gasteiger partial charge in [0.25, 0.3) is 11.5 Å². The molecule has 5 rings (SSSR count). The van der Waals surface area contributed by atoms with Crippen LogP contribution in [-0.4, -0.2) is 70.1 Å². The molecule has 0 unspecified atom stereocenters. The van der Waals surface area contributed by atoms with E-state index in [-0.39, 0.29) is 24.6 Å². The summed E-state index contributed by atoms with van der Waals surface area (Å²) in [5, 5.41) is 0.444. The summed E-state index contributed by atoms with van der Waals surface area (Å²) >= 11 is 0. The second-order valence-corrected chi connectivity index (χ2v) is 8.37. The first-order valence-electron chi connectivity index (χ1n) is 11.2. The molecular formula is C24H25N5O5. The molecular weight excluding hydrogens is 438 g/mol. The molecule has 0 saturated carbocycles. The van der Waals surface area contributed by atoms with Crippen molar-refractivity contribution in [3.63, 3.8) is 0 Å². The minimum Gasteiger partial charge on any atom is -0.485 e. The van der Waals surface area contributed by atoms with Crippen molar-refractivity contribution in [3.05, 3.63) is 64.7 Å². The van der Waals surface area contributed by atoms with E-state index in [4.69, 9.17) is 15.2 Å². The normalized spacial score (nSPS) is 18.1. The highest BCUT2D eigenvalue weighted by Crippen LogP contribution is 2.31. The number of carbonyl (C=O) groups is 2. The van der Waals surface area contributed by atoms with Gasteiger partial charge in [0.1, 0.15) is 19.0 Å². The lowest BCUT2D eigenvalue weighted by molar-refractivity contribution is -0.143. The summed E-state index contributed by atoms with van der Waals surface area (Å²) in [4.78, 5) is 46.0. The Labute approximate surface area is 195 Å². The Kier molecular flexibility index (Phi) is 5.89. The van der Waals surface area contributed by atoms with Gasteiger partial charge >= 0.3 is 0 Å². The Morgan fingerprint density at radius 2 is 1.71 bits per heavy atom. The minimum absolute atomic E-state index is 0.108. The van der Waals surface area contributed by atoms with E-state index in [1.54, 1.807) is 29.2 Å². The van der Waals surface area contributed by atoms with Gasteiger partial charge in [0, 0.05) is 26.2 Å². The number of rotatable bonds is 5. The molecule has 34 heavy (non-hydrogen) atoms. The molecule has 1 aromatic heterocycles. The third-order valence-corrected chi connectivity index (χ3v) is 6.09. The van der Waals surface area contributed by atoms with Crippen LogP contribution in [0.15, 0.2) is 53.3 Å². The average Bonchev–Trinajstić information content (AvgIpc) is 2.86. The number of ether oxygens (including phenoxy) is 2. The zero-order valence-corrected chi connectivity index (χ0v) is 18.6. The van der Waals surface area contributed by atoms with E-state index >= 15 is 0 Å². The Bertz CT molecular complexity index is 1300. The molecule has 2 aliphatic rings. The summed E-state index contributed by atoms with van der Waals surface area (Å²) in [6, 6.07) is 14.3. The van der Waals surface area contributed by atoms with Gasteiger partial charge in [0.2, 0.25) is 12.0 Å². The monoisotopic (exact) mass is 463 g/mol. The van der Waals surface area contributed by atoms with Crippen LogP contribution in [0.25, 0.3) is 10.9 Å². The number of benzene rings is 2. The fraction of sp³-hybridized carbons (Fsp3) is 0.333. The van der Waals surface area contributed by atoms with Crippen LogP contribution in [0.1, 0.15) is 5.82 Å². The molecule has 2 N–H and O–H groups in total.